The maximum Gasteiger partial charge on any atom is 0.315 e. The topological polar surface area (TPSA) is 171 Å². The summed E-state index contributed by atoms with van der Waals surface area (Å²) in [6, 6.07) is -3.48. The van der Waals surface area contributed by atoms with Crippen LogP contribution in [-0.4, -0.2) is 90.1 Å². The number of hydrogen-bond acceptors (Lipinski definition) is 7. The van der Waals surface area contributed by atoms with Crippen LogP contribution in [0.5, 0.6) is 0 Å². The minimum atomic E-state index is -3.57. The molecule has 0 aromatic carbocycles. The number of hydrogen-bond donors (Lipinski definition) is 4. The fraction of sp³-hybridized carbons (Fsp3) is 0.821. The van der Waals surface area contributed by atoms with Crippen LogP contribution in [0.4, 0.5) is 4.79 Å². The van der Waals surface area contributed by atoms with Gasteiger partial charge in [0, 0.05) is 13.1 Å². The molecular formula is C39H65N5O7S. The Morgan fingerprint density at radius 3 is 2.02 bits per heavy atom. The first-order valence-electron chi connectivity index (χ1n) is 19.4. The highest BCUT2D eigenvalue weighted by Crippen LogP contribution is 2.65. The molecule has 4 fully saturated rings. The van der Waals surface area contributed by atoms with Gasteiger partial charge in [-0.1, -0.05) is 79.2 Å². The molecule has 0 aromatic heterocycles. The number of carbonyl (C=O) groups is 5. The largest absolute Gasteiger partial charge is 0.346 e. The van der Waals surface area contributed by atoms with Crippen molar-refractivity contribution in [3.63, 3.8) is 0 Å². The second-order valence-electron chi connectivity index (χ2n) is 18.4. The molecule has 4 rings (SSSR count). The zero-order valence-corrected chi connectivity index (χ0v) is 33.7. The number of ketones is 1. The van der Waals surface area contributed by atoms with Gasteiger partial charge in [-0.2, -0.15) is 0 Å². The Hall–Kier alpha value is -2.96. The fourth-order valence-electron chi connectivity index (χ4n) is 9.05. The average molecular weight is 748 g/mol. The van der Waals surface area contributed by atoms with E-state index in [0.717, 1.165) is 38.5 Å². The third-order valence-electron chi connectivity index (χ3n) is 12.5. The van der Waals surface area contributed by atoms with Crippen molar-refractivity contribution in [2.24, 2.45) is 28.6 Å². The van der Waals surface area contributed by atoms with Gasteiger partial charge in [0.1, 0.15) is 12.1 Å². The lowest BCUT2D eigenvalue weighted by Gasteiger charge is -2.44. The van der Waals surface area contributed by atoms with E-state index in [-0.39, 0.29) is 47.8 Å². The zero-order valence-electron chi connectivity index (χ0n) is 32.9. The highest BCUT2D eigenvalue weighted by atomic mass is 32.2. The number of nitrogens with one attached hydrogen (secondary N) is 4. The van der Waals surface area contributed by atoms with Crippen LogP contribution < -0.4 is 21.3 Å². The Balaban J connectivity index is 1.62. The Labute approximate surface area is 311 Å². The lowest BCUT2D eigenvalue weighted by Crippen LogP contribution is -2.65. The normalized spacial score (nSPS) is 25.9. The number of rotatable bonds is 14. The van der Waals surface area contributed by atoms with Crippen LogP contribution in [-0.2, 0) is 29.0 Å². The SMILES string of the molecule is C=CCNC(=O)C(=O)C(CC(C)C)NC(=O)[C@@H]1[C@@H]2[C@H](CN1C(=O)[C@@H](NC(=O)NC1(CS(=O)(=O)C(C)(C)C)CCCCC1)C1(C)CCCCC1)C2(C)C. The number of urea groups is 1. The van der Waals surface area contributed by atoms with Crippen LogP contribution in [0.15, 0.2) is 12.7 Å². The number of carbonyl (C=O) groups excluding carboxylic acids is 5. The van der Waals surface area contributed by atoms with E-state index >= 15 is 0 Å². The minimum absolute atomic E-state index is 0.00271. The second-order valence-corrected chi connectivity index (χ2v) is 21.1. The smallest absolute Gasteiger partial charge is 0.315 e. The second kappa shape index (κ2) is 15.8. The van der Waals surface area contributed by atoms with Crippen molar-refractivity contribution in [3.05, 3.63) is 12.7 Å². The van der Waals surface area contributed by atoms with Gasteiger partial charge >= 0.3 is 6.03 Å². The predicted molar refractivity (Wildman–Crippen MR) is 202 cm³/mol. The highest BCUT2D eigenvalue weighted by molar-refractivity contribution is 7.92. The van der Waals surface area contributed by atoms with Crippen LogP contribution in [0.1, 0.15) is 126 Å². The summed E-state index contributed by atoms with van der Waals surface area (Å²) < 4.78 is 25.9. The first kappa shape index (κ1) is 41.8. The quantitative estimate of drug-likeness (QED) is 0.151. The molecule has 1 unspecified atom stereocenters. The monoisotopic (exact) mass is 747 g/mol. The van der Waals surface area contributed by atoms with Crippen molar-refractivity contribution in [3.8, 4) is 0 Å². The van der Waals surface area contributed by atoms with Crippen LogP contribution >= 0.6 is 0 Å². The summed E-state index contributed by atoms with van der Waals surface area (Å²) >= 11 is 0. The van der Waals surface area contributed by atoms with E-state index < -0.39 is 67.3 Å². The van der Waals surface area contributed by atoms with Gasteiger partial charge in [-0.3, -0.25) is 19.2 Å². The van der Waals surface area contributed by atoms with E-state index in [1.807, 2.05) is 20.8 Å². The van der Waals surface area contributed by atoms with Gasteiger partial charge in [0.2, 0.25) is 17.6 Å². The third kappa shape index (κ3) is 9.04. The van der Waals surface area contributed by atoms with Gasteiger partial charge in [-0.15, -0.1) is 6.58 Å². The van der Waals surface area contributed by atoms with Crippen molar-refractivity contribution in [1.82, 2.24) is 26.2 Å². The predicted octanol–water partition coefficient (Wildman–Crippen LogP) is 4.43. The average Bonchev–Trinajstić information content (AvgIpc) is 3.36. The summed E-state index contributed by atoms with van der Waals surface area (Å²) in [4.78, 5) is 70.8. The van der Waals surface area contributed by atoms with Crippen LogP contribution in [0.3, 0.4) is 0 Å². The fourth-order valence-corrected chi connectivity index (χ4v) is 10.6. The van der Waals surface area contributed by atoms with Crippen molar-refractivity contribution in [2.75, 3.05) is 18.8 Å². The number of amides is 5. The molecule has 1 heterocycles. The first-order valence-corrected chi connectivity index (χ1v) is 21.1. The van der Waals surface area contributed by atoms with Crippen molar-refractivity contribution >= 4 is 39.4 Å². The number of piperidine rings is 1. The van der Waals surface area contributed by atoms with Crippen LogP contribution in [0.2, 0.25) is 0 Å². The summed E-state index contributed by atoms with van der Waals surface area (Å²) in [7, 11) is -3.57. The third-order valence-corrected chi connectivity index (χ3v) is 15.3. The molecule has 13 heteroatoms. The molecule has 0 radical (unpaired) electrons. The van der Waals surface area contributed by atoms with Gasteiger partial charge in [0.05, 0.1) is 22.1 Å². The lowest BCUT2D eigenvalue weighted by molar-refractivity contribution is -0.146. The number of likely N-dealkylation sites (tertiary alicyclic amines) is 1. The van der Waals surface area contributed by atoms with Crippen molar-refractivity contribution in [1.29, 1.82) is 0 Å². The standard InChI is InChI=1S/C39H65N5O7S/c1-10-21-40-33(47)30(45)27(22-25(2)3)41-32(46)29-28-26(37(28,7)8)23-44(29)34(48)31(38(9)17-13-11-14-18-38)42-35(49)43-39(19-15-12-16-20-39)24-52(50,51)36(4,5)6/h10,25-29,31H,1,11-24H2,2-9H3,(H,40,47)(H,41,46)(H2,42,43,49)/t26-,27?,28-,29-,31+/m0/s1. The number of fused-ring (bicyclic) bond motifs is 1. The van der Waals surface area contributed by atoms with E-state index in [0.29, 0.717) is 32.2 Å². The molecule has 4 N–H and O–H groups in total. The molecule has 4 aliphatic rings. The molecule has 5 atom stereocenters. The number of nitrogens with zero attached hydrogens (tertiary/aromatic N) is 1. The Bertz CT molecular complexity index is 1490. The maximum absolute atomic E-state index is 14.9. The molecule has 0 aromatic rings. The molecule has 5 amide bonds. The van der Waals surface area contributed by atoms with Gasteiger partial charge < -0.3 is 26.2 Å². The van der Waals surface area contributed by atoms with Crippen molar-refractivity contribution < 1.29 is 32.4 Å². The molecule has 1 saturated heterocycles. The Morgan fingerprint density at radius 2 is 1.48 bits per heavy atom. The highest BCUT2D eigenvalue weighted by Gasteiger charge is 2.70. The minimum Gasteiger partial charge on any atom is -0.346 e. The zero-order chi connectivity index (χ0) is 38.9. The van der Waals surface area contributed by atoms with Gasteiger partial charge in [-0.05, 0) is 81.5 Å². The lowest BCUT2D eigenvalue weighted by atomic mass is 9.70. The summed E-state index contributed by atoms with van der Waals surface area (Å²) in [6.45, 7) is 19.0. The van der Waals surface area contributed by atoms with E-state index in [1.54, 1.807) is 25.7 Å². The molecular weight excluding hydrogens is 683 g/mol. The van der Waals surface area contributed by atoms with Crippen LogP contribution in [0.25, 0.3) is 0 Å². The molecule has 1 aliphatic heterocycles. The molecule has 52 heavy (non-hydrogen) atoms. The Kier molecular flexibility index (Phi) is 12.7. The summed E-state index contributed by atoms with van der Waals surface area (Å²) in [5, 5.41) is 11.5. The van der Waals surface area contributed by atoms with E-state index in [4.69, 9.17) is 0 Å². The van der Waals surface area contributed by atoms with Gasteiger partial charge in [0.25, 0.3) is 5.91 Å². The number of sulfone groups is 1. The van der Waals surface area contributed by atoms with E-state index in [1.165, 1.54) is 6.08 Å². The van der Waals surface area contributed by atoms with E-state index in [2.05, 4.69) is 41.7 Å². The first-order chi connectivity index (χ1) is 24.1. The Morgan fingerprint density at radius 1 is 0.904 bits per heavy atom. The molecule has 0 spiro atoms. The van der Waals surface area contributed by atoms with Crippen LogP contribution in [0, 0.1) is 28.6 Å². The van der Waals surface area contributed by atoms with Gasteiger partial charge in [-0.25, -0.2) is 13.2 Å². The number of Topliss-reactive ketones (excluding diaryl/α,β-unsaturated/α-hetero) is 1. The molecule has 0 bridgehead atoms. The molecule has 12 nitrogen and oxygen atoms in total. The molecule has 3 aliphatic carbocycles. The van der Waals surface area contributed by atoms with Crippen molar-refractivity contribution in [2.45, 2.75) is 154 Å². The maximum atomic E-state index is 14.9. The summed E-state index contributed by atoms with van der Waals surface area (Å²) in [5.41, 5.74) is -1.75. The molecule has 3 saturated carbocycles. The van der Waals surface area contributed by atoms with E-state index in [9.17, 15) is 32.4 Å². The summed E-state index contributed by atoms with van der Waals surface area (Å²) in [6.07, 6.45) is 9.55. The molecule has 294 valence electrons. The van der Waals surface area contributed by atoms with Gasteiger partial charge in [0.15, 0.2) is 9.84 Å². The summed E-state index contributed by atoms with van der Waals surface area (Å²) in [5.74, 6) is -2.65.